The summed E-state index contributed by atoms with van der Waals surface area (Å²) in [7, 11) is -2.24. The lowest BCUT2D eigenvalue weighted by Crippen LogP contribution is -2.35. The molecule has 1 heterocycles. The number of nitrogens with zero attached hydrogens (tertiary/aromatic N) is 3. The Morgan fingerprint density at radius 3 is 2.39 bits per heavy atom. The number of hydrogen-bond acceptors (Lipinski definition) is 5. The molecule has 1 aliphatic rings. The predicted octanol–water partition coefficient (Wildman–Crippen LogP) is 5.02. The quantitative estimate of drug-likeness (QED) is 0.349. The third-order valence-electron chi connectivity index (χ3n) is 6.34. The average molecular weight is 574 g/mol. The van der Waals surface area contributed by atoms with E-state index in [-0.39, 0.29) is 27.4 Å². The molecule has 1 amide bonds. The highest BCUT2D eigenvalue weighted by molar-refractivity contribution is 7.93. The number of benzene rings is 3. The van der Waals surface area contributed by atoms with E-state index in [4.69, 9.17) is 23.2 Å². The first kappa shape index (κ1) is 28.0. The van der Waals surface area contributed by atoms with Gasteiger partial charge in [-0.1, -0.05) is 71.7 Å². The van der Waals surface area contributed by atoms with E-state index in [1.54, 1.807) is 48.3 Å². The van der Waals surface area contributed by atoms with Gasteiger partial charge >= 0.3 is 0 Å². The van der Waals surface area contributed by atoms with Crippen LogP contribution in [0.2, 0.25) is 10.0 Å². The average Bonchev–Trinajstić information content (AvgIpc) is 3.47. The Bertz CT molecular complexity index is 1400. The summed E-state index contributed by atoms with van der Waals surface area (Å²) in [4.78, 5) is 18.8. The number of carbonyl (C=O) groups excluding carboxylic acids is 1. The van der Waals surface area contributed by atoms with Gasteiger partial charge in [-0.05, 0) is 42.7 Å². The fourth-order valence-electron chi connectivity index (χ4n) is 4.22. The molecule has 38 heavy (non-hydrogen) atoms. The normalized spacial score (nSPS) is 13.1. The van der Waals surface area contributed by atoms with Crippen LogP contribution in [-0.4, -0.2) is 58.3 Å². The SMILES string of the molecule is CN(CCCN(c1ccccc1)S(=O)(=O)c1cccc(Cl)c1Cl)C(=O)CCc1ccc(C2=NCCN2)cc1. The second-order valence-corrected chi connectivity index (χ2v) is 11.6. The molecule has 0 saturated carbocycles. The number of halogens is 2. The maximum absolute atomic E-state index is 13.6. The Kier molecular flexibility index (Phi) is 9.31. The summed E-state index contributed by atoms with van der Waals surface area (Å²) >= 11 is 12.4. The first-order chi connectivity index (χ1) is 18.3. The van der Waals surface area contributed by atoms with Crippen LogP contribution in [0.5, 0.6) is 0 Å². The number of aryl methyl sites for hydroxylation is 1. The fourth-order valence-corrected chi connectivity index (χ4v) is 6.47. The van der Waals surface area contributed by atoms with Crippen LogP contribution < -0.4 is 9.62 Å². The van der Waals surface area contributed by atoms with Crippen molar-refractivity contribution >= 4 is 50.7 Å². The van der Waals surface area contributed by atoms with E-state index < -0.39 is 10.0 Å². The van der Waals surface area contributed by atoms with Gasteiger partial charge < -0.3 is 10.2 Å². The highest BCUT2D eigenvalue weighted by Gasteiger charge is 2.28. The molecule has 0 fully saturated rings. The number of nitrogens with one attached hydrogen (secondary N) is 1. The molecule has 200 valence electrons. The third-order valence-corrected chi connectivity index (χ3v) is 9.14. The van der Waals surface area contributed by atoms with E-state index in [9.17, 15) is 13.2 Å². The third kappa shape index (κ3) is 6.67. The van der Waals surface area contributed by atoms with Gasteiger partial charge in [0.1, 0.15) is 10.7 Å². The van der Waals surface area contributed by atoms with Gasteiger partial charge in [0, 0.05) is 38.7 Å². The van der Waals surface area contributed by atoms with Crippen LogP contribution in [0.25, 0.3) is 0 Å². The summed E-state index contributed by atoms with van der Waals surface area (Å²) < 4.78 is 28.5. The molecule has 0 atom stereocenters. The number of rotatable bonds is 11. The van der Waals surface area contributed by atoms with Crippen molar-refractivity contribution in [1.29, 1.82) is 0 Å². The molecule has 10 heteroatoms. The Labute approximate surface area is 234 Å². The Hall–Kier alpha value is -3.07. The van der Waals surface area contributed by atoms with E-state index in [0.29, 0.717) is 31.5 Å². The lowest BCUT2D eigenvalue weighted by atomic mass is 10.1. The molecule has 1 N–H and O–H groups in total. The van der Waals surface area contributed by atoms with Crippen molar-refractivity contribution in [2.24, 2.45) is 4.99 Å². The molecule has 0 aliphatic carbocycles. The van der Waals surface area contributed by atoms with Gasteiger partial charge in [0.25, 0.3) is 10.0 Å². The minimum Gasteiger partial charge on any atom is -0.368 e. The topological polar surface area (TPSA) is 82.1 Å². The van der Waals surface area contributed by atoms with Gasteiger partial charge in [0.15, 0.2) is 0 Å². The maximum atomic E-state index is 13.6. The molecule has 0 spiro atoms. The van der Waals surface area contributed by atoms with E-state index >= 15 is 0 Å². The number of anilines is 1. The van der Waals surface area contributed by atoms with Crippen LogP contribution in [0, 0.1) is 0 Å². The number of amides is 1. The number of amidine groups is 1. The van der Waals surface area contributed by atoms with Crippen molar-refractivity contribution in [1.82, 2.24) is 10.2 Å². The van der Waals surface area contributed by atoms with E-state index in [0.717, 1.165) is 30.1 Å². The van der Waals surface area contributed by atoms with Gasteiger partial charge in [0.05, 0.1) is 22.3 Å². The van der Waals surface area contributed by atoms with Gasteiger partial charge in [-0.3, -0.25) is 14.1 Å². The highest BCUT2D eigenvalue weighted by Crippen LogP contribution is 2.33. The molecular formula is C28H30Cl2N4O3S. The maximum Gasteiger partial charge on any atom is 0.265 e. The second kappa shape index (κ2) is 12.7. The summed E-state index contributed by atoms with van der Waals surface area (Å²) in [6.45, 7) is 2.24. The largest absolute Gasteiger partial charge is 0.368 e. The van der Waals surface area contributed by atoms with Crippen LogP contribution in [-0.2, 0) is 21.2 Å². The van der Waals surface area contributed by atoms with Gasteiger partial charge in [-0.25, -0.2) is 8.42 Å². The number of aliphatic imine (C=N–C) groups is 1. The van der Waals surface area contributed by atoms with Crippen molar-refractivity contribution in [2.45, 2.75) is 24.2 Å². The number of para-hydroxylation sites is 1. The standard InChI is InChI=1S/C28H30Cl2N4O3S/c1-33(26(35)16-13-21-11-14-22(15-12-21)28-31-17-18-32-28)19-6-20-34(23-7-3-2-4-8-23)38(36,37)25-10-5-9-24(29)27(25)30/h2-5,7-12,14-15H,6,13,16-20H2,1H3,(H,31,32). The molecule has 0 aromatic heterocycles. The zero-order chi connectivity index (χ0) is 27.1. The molecule has 7 nitrogen and oxygen atoms in total. The van der Waals surface area contributed by atoms with Crippen LogP contribution in [0.15, 0.2) is 82.7 Å². The molecular weight excluding hydrogens is 543 g/mol. The summed E-state index contributed by atoms with van der Waals surface area (Å²) in [5, 5.41) is 3.41. The number of carbonyl (C=O) groups is 1. The van der Waals surface area contributed by atoms with Crippen LogP contribution >= 0.6 is 23.2 Å². The first-order valence-electron chi connectivity index (χ1n) is 12.4. The summed E-state index contributed by atoms with van der Waals surface area (Å²) in [6, 6.07) is 21.5. The monoisotopic (exact) mass is 572 g/mol. The molecule has 3 aromatic carbocycles. The lowest BCUT2D eigenvalue weighted by molar-refractivity contribution is -0.129. The Balaban J connectivity index is 1.36. The molecule has 0 radical (unpaired) electrons. The van der Waals surface area contributed by atoms with Crippen molar-refractivity contribution in [2.75, 3.05) is 37.5 Å². The number of sulfonamides is 1. The second-order valence-electron chi connectivity index (χ2n) is 8.99. The molecule has 0 unspecified atom stereocenters. The molecule has 0 saturated heterocycles. The first-order valence-corrected chi connectivity index (χ1v) is 14.6. The summed E-state index contributed by atoms with van der Waals surface area (Å²) in [5.74, 6) is 0.916. The minimum absolute atomic E-state index is 0.00270. The Morgan fingerprint density at radius 2 is 1.71 bits per heavy atom. The predicted molar refractivity (Wildman–Crippen MR) is 154 cm³/mol. The van der Waals surface area contributed by atoms with Crippen molar-refractivity contribution < 1.29 is 13.2 Å². The van der Waals surface area contributed by atoms with Crippen molar-refractivity contribution in [3.05, 3.63) is 94.0 Å². The van der Waals surface area contributed by atoms with Crippen LogP contribution in [0.4, 0.5) is 5.69 Å². The zero-order valence-corrected chi connectivity index (χ0v) is 23.4. The van der Waals surface area contributed by atoms with Crippen molar-refractivity contribution in [3.63, 3.8) is 0 Å². The summed E-state index contributed by atoms with van der Waals surface area (Å²) in [5.41, 5.74) is 2.64. The molecule has 0 bridgehead atoms. The smallest absolute Gasteiger partial charge is 0.265 e. The van der Waals surface area contributed by atoms with Crippen molar-refractivity contribution in [3.8, 4) is 0 Å². The van der Waals surface area contributed by atoms with E-state index in [1.807, 2.05) is 30.3 Å². The molecule has 1 aliphatic heterocycles. The lowest BCUT2D eigenvalue weighted by Gasteiger charge is -2.26. The van der Waals surface area contributed by atoms with Gasteiger partial charge in [-0.15, -0.1) is 0 Å². The van der Waals surface area contributed by atoms with E-state index in [2.05, 4.69) is 10.3 Å². The van der Waals surface area contributed by atoms with Crippen LogP contribution in [0.3, 0.4) is 0 Å². The van der Waals surface area contributed by atoms with E-state index in [1.165, 1.54) is 10.4 Å². The fraction of sp³-hybridized carbons (Fsp3) is 0.286. The van der Waals surface area contributed by atoms with Gasteiger partial charge in [0.2, 0.25) is 5.91 Å². The Morgan fingerprint density at radius 1 is 0.974 bits per heavy atom. The summed E-state index contributed by atoms with van der Waals surface area (Å²) in [6.07, 6.45) is 1.44. The highest BCUT2D eigenvalue weighted by atomic mass is 35.5. The minimum atomic E-state index is -3.98. The van der Waals surface area contributed by atoms with Crippen LogP contribution in [0.1, 0.15) is 24.0 Å². The van der Waals surface area contributed by atoms with Gasteiger partial charge in [-0.2, -0.15) is 0 Å². The number of hydrogen-bond donors (Lipinski definition) is 1. The zero-order valence-electron chi connectivity index (χ0n) is 21.1. The molecule has 3 aromatic rings. The molecule has 4 rings (SSSR count).